The summed E-state index contributed by atoms with van der Waals surface area (Å²) in [6.07, 6.45) is 4.82. The van der Waals surface area contributed by atoms with E-state index in [9.17, 15) is 13.2 Å². The molecule has 5 nitrogen and oxygen atoms in total. The Morgan fingerprint density at radius 2 is 1.83 bits per heavy atom. The Hall–Kier alpha value is -1.56. The third kappa shape index (κ3) is 4.47. The summed E-state index contributed by atoms with van der Waals surface area (Å²) in [5, 5.41) is 5.74. The number of fused-ring (bicyclic) bond motifs is 1. The zero-order valence-corrected chi connectivity index (χ0v) is 14.1. The second-order valence-electron chi connectivity index (χ2n) is 6.62. The normalized spacial score (nSPS) is 20.0. The van der Waals surface area contributed by atoms with Crippen molar-refractivity contribution >= 4 is 15.9 Å². The first-order chi connectivity index (χ1) is 11.0. The predicted octanol–water partition coefficient (Wildman–Crippen LogP) is 1.80. The summed E-state index contributed by atoms with van der Waals surface area (Å²) in [6, 6.07) is 6.25. The number of carbonyl (C=O) groups excluding carboxylic acids is 1. The first-order valence-electron chi connectivity index (χ1n) is 8.35. The Morgan fingerprint density at radius 3 is 2.61 bits per heavy atom. The molecule has 1 aromatic carbocycles. The number of sulfone groups is 1. The number of nitrogens with one attached hydrogen (secondary N) is 2. The minimum atomic E-state index is -2.83. The van der Waals surface area contributed by atoms with Gasteiger partial charge in [0.15, 0.2) is 0 Å². The smallest absolute Gasteiger partial charge is 0.315 e. The van der Waals surface area contributed by atoms with Crippen molar-refractivity contribution < 1.29 is 13.2 Å². The number of amides is 2. The maximum absolute atomic E-state index is 11.9. The van der Waals surface area contributed by atoms with Crippen LogP contribution in [0, 0.1) is 5.92 Å². The van der Waals surface area contributed by atoms with Crippen molar-refractivity contribution in [1.29, 1.82) is 0 Å². The van der Waals surface area contributed by atoms with Crippen LogP contribution in [-0.2, 0) is 29.2 Å². The maximum Gasteiger partial charge on any atom is 0.315 e. The minimum absolute atomic E-state index is 0.182. The van der Waals surface area contributed by atoms with E-state index in [0.29, 0.717) is 25.9 Å². The van der Waals surface area contributed by atoms with Crippen molar-refractivity contribution in [3.05, 3.63) is 34.9 Å². The van der Waals surface area contributed by atoms with Gasteiger partial charge in [-0.25, -0.2) is 13.2 Å². The Kier molecular flexibility index (Phi) is 4.90. The van der Waals surface area contributed by atoms with Gasteiger partial charge < -0.3 is 10.6 Å². The number of benzene rings is 1. The molecule has 2 aliphatic rings. The van der Waals surface area contributed by atoms with E-state index >= 15 is 0 Å². The highest BCUT2D eigenvalue weighted by atomic mass is 32.2. The summed E-state index contributed by atoms with van der Waals surface area (Å²) < 4.78 is 22.7. The van der Waals surface area contributed by atoms with Crippen LogP contribution < -0.4 is 10.6 Å². The molecule has 126 valence electrons. The number of hydrogen-bond donors (Lipinski definition) is 2. The first-order valence-corrected chi connectivity index (χ1v) is 10.2. The third-order valence-electron chi connectivity index (χ3n) is 4.84. The van der Waals surface area contributed by atoms with E-state index < -0.39 is 9.84 Å². The number of hydrogen-bond acceptors (Lipinski definition) is 3. The zero-order chi connectivity index (χ0) is 16.3. The highest BCUT2D eigenvalue weighted by molar-refractivity contribution is 7.91. The molecule has 0 atom stereocenters. The lowest BCUT2D eigenvalue weighted by molar-refractivity contribution is 0.238. The monoisotopic (exact) mass is 336 g/mol. The van der Waals surface area contributed by atoms with E-state index in [0.717, 1.165) is 12.0 Å². The van der Waals surface area contributed by atoms with Crippen molar-refractivity contribution in [2.24, 2.45) is 5.92 Å². The number of aryl methyl sites for hydroxylation is 2. The summed E-state index contributed by atoms with van der Waals surface area (Å²) in [7, 11) is -2.83. The second-order valence-corrected chi connectivity index (χ2v) is 8.92. The van der Waals surface area contributed by atoms with Gasteiger partial charge in [0.2, 0.25) is 0 Å². The van der Waals surface area contributed by atoms with Crippen LogP contribution in [-0.4, -0.2) is 32.5 Å². The summed E-state index contributed by atoms with van der Waals surface area (Å²) in [5.41, 5.74) is 3.98. The molecule has 2 N–H and O–H groups in total. The van der Waals surface area contributed by atoms with Gasteiger partial charge in [-0.3, -0.25) is 0 Å². The molecule has 0 bridgehead atoms. The molecular formula is C17H24N2O3S. The summed E-state index contributed by atoms with van der Waals surface area (Å²) in [4.78, 5) is 11.9. The molecule has 1 heterocycles. The van der Waals surface area contributed by atoms with E-state index in [2.05, 4.69) is 28.8 Å². The van der Waals surface area contributed by atoms with E-state index in [1.165, 1.54) is 24.0 Å². The van der Waals surface area contributed by atoms with Crippen LogP contribution in [0.5, 0.6) is 0 Å². The standard InChI is InChI=1S/C17H24N2O3S/c20-17(18-11-13-6-8-23(21,22)9-7-13)19-12-14-4-5-15-2-1-3-16(15)10-14/h4-5,10,13H,1-3,6-9,11-12H2,(H2,18,19,20). The van der Waals surface area contributed by atoms with Crippen molar-refractivity contribution in [1.82, 2.24) is 10.6 Å². The summed E-state index contributed by atoms with van der Waals surface area (Å²) in [5.74, 6) is 0.760. The predicted molar refractivity (Wildman–Crippen MR) is 90.1 cm³/mol. The van der Waals surface area contributed by atoms with Crippen LogP contribution in [0.4, 0.5) is 4.79 Å². The van der Waals surface area contributed by atoms with Gasteiger partial charge in [0.05, 0.1) is 11.5 Å². The SMILES string of the molecule is O=C(NCc1ccc2c(c1)CCC2)NCC1CCS(=O)(=O)CC1. The minimum Gasteiger partial charge on any atom is -0.338 e. The molecular weight excluding hydrogens is 312 g/mol. The maximum atomic E-state index is 11.9. The Balaban J connectivity index is 1.40. The van der Waals surface area contributed by atoms with E-state index in [-0.39, 0.29) is 23.5 Å². The Bertz CT molecular complexity index is 671. The summed E-state index contributed by atoms with van der Waals surface area (Å²) >= 11 is 0. The van der Waals surface area contributed by atoms with Crippen molar-refractivity contribution in [3.8, 4) is 0 Å². The first kappa shape index (κ1) is 16.3. The molecule has 2 amide bonds. The molecule has 0 saturated carbocycles. The molecule has 1 aromatic rings. The molecule has 0 radical (unpaired) electrons. The van der Waals surface area contributed by atoms with E-state index in [1.807, 2.05) is 0 Å². The second kappa shape index (κ2) is 6.91. The fourth-order valence-corrected chi connectivity index (χ4v) is 4.95. The fraction of sp³-hybridized carbons (Fsp3) is 0.588. The highest BCUT2D eigenvalue weighted by Gasteiger charge is 2.23. The number of carbonyl (C=O) groups is 1. The molecule has 1 fully saturated rings. The zero-order valence-electron chi connectivity index (χ0n) is 13.3. The van der Waals surface area contributed by atoms with E-state index in [1.54, 1.807) is 0 Å². The Labute approximate surface area is 137 Å². The van der Waals surface area contributed by atoms with Crippen LogP contribution >= 0.6 is 0 Å². The molecule has 3 rings (SSSR count). The summed E-state index contributed by atoms with van der Waals surface area (Å²) in [6.45, 7) is 1.07. The van der Waals surface area contributed by atoms with Crippen LogP contribution in [0.2, 0.25) is 0 Å². The topological polar surface area (TPSA) is 75.3 Å². The molecule has 23 heavy (non-hydrogen) atoms. The van der Waals surface area contributed by atoms with Gasteiger partial charge in [-0.05, 0) is 54.7 Å². The molecule has 1 saturated heterocycles. The van der Waals surface area contributed by atoms with Gasteiger partial charge >= 0.3 is 6.03 Å². The van der Waals surface area contributed by atoms with Crippen LogP contribution in [0.25, 0.3) is 0 Å². The van der Waals surface area contributed by atoms with Crippen molar-refractivity contribution in [2.75, 3.05) is 18.1 Å². The quantitative estimate of drug-likeness (QED) is 0.880. The average molecular weight is 336 g/mol. The van der Waals surface area contributed by atoms with Crippen LogP contribution in [0.3, 0.4) is 0 Å². The lowest BCUT2D eigenvalue weighted by atomic mass is 10.0. The van der Waals surface area contributed by atoms with Gasteiger partial charge in [-0.2, -0.15) is 0 Å². The van der Waals surface area contributed by atoms with Crippen LogP contribution in [0.1, 0.15) is 36.0 Å². The molecule has 6 heteroatoms. The molecule has 1 aliphatic carbocycles. The number of urea groups is 1. The third-order valence-corrected chi connectivity index (χ3v) is 6.56. The number of rotatable bonds is 4. The highest BCUT2D eigenvalue weighted by Crippen LogP contribution is 2.22. The van der Waals surface area contributed by atoms with Gasteiger partial charge in [-0.1, -0.05) is 18.2 Å². The van der Waals surface area contributed by atoms with Gasteiger partial charge in [0.25, 0.3) is 0 Å². The largest absolute Gasteiger partial charge is 0.338 e. The Morgan fingerprint density at radius 1 is 1.09 bits per heavy atom. The van der Waals surface area contributed by atoms with Gasteiger partial charge in [-0.15, -0.1) is 0 Å². The van der Waals surface area contributed by atoms with Crippen LogP contribution in [0.15, 0.2) is 18.2 Å². The van der Waals surface area contributed by atoms with Crippen molar-refractivity contribution in [2.45, 2.75) is 38.6 Å². The lowest BCUT2D eigenvalue weighted by Crippen LogP contribution is -2.39. The van der Waals surface area contributed by atoms with Gasteiger partial charge in [0, 0.05) is 13.1 Å². The lowest BCUT2D eigenvalue weighted by Gasteiger charge is -2.22. The molecule has 0 unspecified atom stereocenters. The molecule has 0 aromatic heterocycles. The van der Waals surface area contributed by atoms with Crippen molar-refractivity contribution in [3.63, 3.8) is 0 Å². The molecule has 1 aliphatic heterocycles. The average Bonchev–Trinajstić information content (AvgIpc) is 2.99. The fourth-order valence-electron chi connectivity index (χ4n) is 3.36. The molecule has 0 spiro atoms. The van der Waals surface area contributed by atoms with Gasteiger partial charge in [0.1, 0.15) is 9.84 Å². The van der Waals surface area contributed by atoms with E-state index in [4.69, 9.17) is 0 Å².